The number of hydrogen-bond donors (Lipinski definition) is 1. The van der Waals surface area contributed by atoms with Gasteiger partial charge in [-0.25, -0.2) is 0 Å². The maximum absolute atomic E-state index is 11.0. The monoisotopic (exact) mass is 263 g/mol. The number of carbonyl (C=O) groups is 1. The van der Waals surface area contributed by atoms with Gasteiger partial charge in [-0.05, 0) is 28.1 Å². The molecule has 0 amide bonds. The van der Waals surface area contributed by atoms with Crippen molar-refractivity contribution in [3.05, 3.63) is 20.8 Å². The van der Waals surface area contributed by atoms with Gasteiger partial charge in [-0.3, -0.25) is 4.79 Å². The van der Waals surface area contributed by atoms with Crippen molar-refractivity contribution >= 4 is 33.2 Å². The second-order valence-electron chi connectivity index (χ2n) is 2.54. The second kappa shape index (κ2) is 4.74. The first kappa shape index (κ1) is 10.7. The van der Waals surface area contributed by atoms with Crippen molar-refractivity contribution < 1.29 is 9.53 Å². The molecule has 1 aromatic heterocycles. The van der Waals surface area contributed by atoms with Crippen LogP contribution in [0.1, 0.15) is 4.88 Å². The summed E-state index contributed by atoms with van der Waals surface area (Å²) in [6, 6.07) is 3.32. The third-order valence-corrected chi connectivity index (χ3v) is 3.20. The van der Waals surface area contributed by atoms with Crippen LogP contribution in [0.4, 0.5) is 0 Å². The summed E-state index contributed by atoms with van der Waals surface area (Å²) in [5.74, 6) is -0.371. The van der Waals surface area contributed by atoms with E-state index < -0.39 is 6.04 Å². The third-order valence-electron chi connectivity index (χ3n) is 1.55. The van der Waals surface area contributed by atoms with Crippen molar-refractivity contribution in [1.29, 1.82) is 0 Å². The Morgan fingerprint density at radius 3 is 2.92 bits per heavy atom. The number of rotatable bonds is 3. The SMILES string of the molecule is COC(=O)[C@H](N)Cc1ccc(Br)s1. The minimum atomic E-state index is -0.560. The van der Waals surface area contributed by atoms with Crippen LogP contribution in [0.5, 0.6) is 0 Å². The van der Waals surface area contributed by atoms with Crippen LogP contribution < -0.4 is 5.73 Å². The van der Waals surface area contributed by atoms with Gasteiger partial charge in [0.05, 0.1) is 10.9 Å². The van der Waals surface area contributed by atoms with Crippen LogP contribution >= 0.6 is 27.3 Å². The summed E-state index contributed by atoms with van der Waals surface area (Å²) in [6.07, 6.45) is 0.531. The Labute approximate surface area is 89.0 Å². The molecule has 0 saturated carbocycles. The van der Waals surface area contributed by atoms with E-state index in [-0.39, 0.29) is 5.97 Å². The molecule has 5 heteroatoms. The first-order valence-corrected chi connectivity index (χ1v) is 5.32. The molecule has 0 bridgehead atoms. The number of esters is 1. The van der Waals surface area contributed by atoms with Gasteiger partial charge in [0.15, 0.2) is 0 Å². The number of thiophene rings is 1. The molecule has 0 aliphatic carbocycles. The zero-order valence-corrected chi connectivity index (χ0v) is 9.52. The number of halogens is 1. The Kier molecular flexibility index (Phi) is 3.90. The van der Waals surface area contributed by atoms with Gasteiger partial charge in [0.25, 0.3) is 0 Å². The molecule has 1 aromatic rings. The topological polar surface area (TPSA) is 52.3 Å². The van der Waals surface area contributed by atoms with Crippen LogP contribution in [0.2, 0.25) is 0 Å². The first-order valence-electron chi connectivity index (χ1n) is 3.71. The number of carbonyl (C=O) groups excluding carboxylic acids is 1. The van der Waals surface area contributed by atoms with E-state index in [0.29, 0.717) is 6.42 Å². The van der Waals surface area contributed by atoms with E-state index in [2.05, 4.69) is 20.7 Å². The van der Waals surface area contributed by atoms with E-state index in [1.54, 1.807) is 11.3 Å². The normalized spacial score (nSPS) is 12.5. The number of ether oxygens (including phenoxy) is 1. The summed E-state index contributed by atoms with van der Waals surface area (Å²) in [6.45, 7) is 0. The molecule has 1 rings (SSSR count). The Hall–Kier alpha value is -0.390. The average Bonchev–Trinajstić information content (AvgIpc) is 2.49. The highest BCUT2D eigenvalue weighted by atomic mass is 79.9. The summed E-state index contributed by atoms with van der Waals surface area (Å²) >= 11 is 4.91. The van der Waals surface area contributed by atoms with Crippen LogP contribution in [-0.4, -0.2) is 19.1 Å². The van der Waals surface area contributed by atoms with Crippen molar-refractivity contribution in [2.24, 2.45) is 5.73 Å². The van der Waals surface area contributed by atoms with E-state index >= 15 is 0 Å². The summed E-state index contributed by atoms with van der Waals surface area (Å²) in [7, 11) is 1.34. The molecule has 72 valence electrons. The molecule has 0 fully saturated rings. The molecule has 0 aromatic carbocycles. The highest BCUT2D eigenvalue weighted by molar-refractivity contribution is 9.11. The van der Waals surface area contributed by atoms with Crippen molar-refractivity contribution in [2.45, 2.75) is 12.5 Å². The largest absolute Gasteiger partial charge is 0.468 e. The van der Waals surface area contributed by atoms with Crippen molar-refractivity contribution in [2.75, 3.05) is 7.11 Å². The van der Waals surface area contributed by atoms with Gasteiger partial charge in [0, 0.05) is 11.3 Å². The van der Waals surface area contributed by atoms with Crippen LogP contribution in [0, 0.1) is 0 Å². The van der Waals surface area contributed by atoms with Crippen molar-refractivity contribution in [1.82, 2.24) is 0 Å². The fourth-order valence-corrected chi connectivity index (χ4v) is 2.45. The molecular formula is C8H10BrNO2S. The zero-order chi connectivity index (χ0) is 9.84. The Morgan fingerprint density at radius 2 is 2.46 bits per heavy atom. The maximum atomic E-state index is 11.0. The highest BCUT2D eigenvalue weighted by Gasteiger charge is 2.14. The molecule has 1 atom stereocenters. The summed E-state index contributed by atoms with van der Waals surface area (Å²) in [5.41, 5.74) is 5.59. The first-order chi connectivity index (χ1) is 6.13. The molecule has 0 radical (unpaired) electrons. The molecule has 0 spiro atoms. The van der Waals surface area contributed by atoms with E-state index in [1.807, 2.05) is 12.1 Å². The van der Waals surface area contributed by atoms with Gasteiger partial charge in [0.2, 0.25) is 0 Å². The molecule has 0 saturated heterocycles. The lowest BCUT2D eigenvalue weighted by molar-refractivity contribution is -0.142. The third kappa shape index (κ3) is 3.10. The molecule has 13 heavy (non-hydrogen) atoms. The molecule has 2 N–H and O–H groups in total. The van der Waals surface area contributed by atoms with Gasteiger partial charge < -0.3 is 10.5 Å². The molecule has 3 nitrogen and oxygen atoms in total. The lowest BCUT2D eigenvalue weighted by Crippen LogP contribution is -2.33. The van der Waals surface area contributed by atoms with E-state index in [1.165, 1.54) is 7.11 Å². The fourth-order valence-electron chi connectivity index (χ4n) is 0.913. The lowest BCUT2D eigenvalue weighted by atomic mass is 10.2. The number of methoxy groups -OCH3 is 1. The number of nitrogens with two attached hydrogens (primary N) is 1. The summed E-state index contributed by atoms with van der Waals surface area (Å²) in [4.78, 5) is 12.0. The minimum Gasteiger partial charge on any atom is -0.468 e. The highest BCUT2D eigenvalue weighted by Crippen LogP contribution is 2.22. The van der Waals surface area contributed by atoms with Crippen LogP contribution in [0.15, 0.2) is 15.9 Å². The van der Waals surface area contributed by atoms with Gasteiger partial charge >= 0.3 is 5.97 Å². The van der Waals surface area contributed by atoms with Gasteiger partial charge in [0.1, 0.15) is 6.04 Å². The smallest absolute Gasteiger partial charge is 0.323 e. The van der Waals surface area contributed by atoms with Crippen molar-refractivity contribution in [3.63, 3.8) is 0 Å². The van der Waals surface area contributed by atoms with Crippen LogP contribution in [0.25, 0.3) is 0 Å². The lowest BCUT2D eigenvalue weighted by Gasteiger charge is -2.06. The fraction of sp³-hybridized carbons (Fsp3) is 0.375. The molecule has 0 aliphatic heterocycles. The van der Waals surface area contributed by atoms with Gasteiger partial charge in [-0.1, -0.05) is 0 Å². The minimum absolute atomic E-state index is 0.371. The number of hydrogen-bond acceptors (Lipinski definition) is 4. The Bertz CT molecular complexity index is 300. The van der Waals surface area contributed by atoms with E-state index in [9.17, 15) is 4.79 Å². The molecule has 0 aliphatic rings. The van der Waals surface area contributed by atoms with Crippen LogP contribution in [0.3, 0.4) is 0 Å². The Morgan fingerprint density at radius 1 is 1.77 bits per heavy atom. The quantitative estimate of drug-likeness (QED) is 0.843. The molecule has 0 unspecified atom stereocenters. The second-order valence-corrected chi connectivity index (χ2v) is 5.09. The van der Waals surface area contributed by atoms with Gasteiger partial charge in [-0.2, -0.15) is 0 Å². The Balaban J connectivity index is 2.54. The summed E-state index contributed by atoms with van der Waals surface area (Å²) < 4.78 is 5.56. The average molecular weight is 264 g/mol. The molecule has 1 heterocycles. The maximum Gasteiger partial charge on any atom is 0.323 e. The zero-order valence-electron chi connectivity index (χ0n) is 7.12. The molecular weight excluding hydrogens is 254 g/mol. The van der Waals surface area contributed by atoms with Gasteiger partial charge in [-0.15, -0.1) is 11.3 Å². The van der Waals surface area contributed by atoms with E-state index in [4.69, 9.17) is 5.73 Å². The van der Waals surface area contributed by atoms with Crippen molar-refractivity contribution in [3.8, 4) is 0 Å². The standard InChI is InChI=1S/C8H10BrNO2S/c1-12-8(11)6(10)4-5-2-3-7(9)13-5/h2-3,6H,4,10H2,1H3/t6-/m1/s1. The van der Waals surface area contributed by atoms with E-state index in [0.717, 1.165) is 8.66 Å². The summed E-state index contributed by atoms with van der Waals surface area (Å²) in [5, 5.41) is 0. The van der Waals surface area contributed by atoms with Crippen LogP contribution in [-0.2, 0) is 16.0 Å². The predicted molar refractivity (Wildman–Crippen MR) is 55.7 cm³/mol. The predicted octanol–water partition coefficient (Wildman–Crippen LogP) is 1.55.